The van der Waals surface area contributed by atoms with E-state index in [2.05, 4.69) is 5.10 Å². The number of aromatic nitrogens is 2. The Hall–Kier alpha value is -1.50. The molecular formula is C19H24ClN3O2S. The second-order valence-corrected chi connectivity index (χ2v) is 7.88. The average molecular weight is 394 g/mol. The van der Waals surface area contributed by atoms with Gasteiger partial charge in [0.2, 0.25) is 5.91 Å². The minimum absolute atomic E-state index is 0.0824. The van der Waals surface area contributed by atoms with Crippen LogP contribution >= 0.6 is 23.4 Å². The van der Waals surface area contributed by atoms with Crippen molar-refractivity contribution in [1.29, 1.82) is 0 Å². The van der Waals surface area contributed by atoms with Crippen LogP contribution in [0.1, 0.15) is 30.0 Å². The Labute approximate surface area is 163 Å². The van der Waals surface area contributed by atoms with E-state index >= 15 is 0 Å². The minimum atomic E-state index is 0.0824. The van der Waals surface area contributed by atoms with Gasteiger partial charge in [-0.15, -0.1) is 11.8 Å². The molecule has 1 amide bonds. The van der Waals surface area contributed by atoms with Crippen molar-refractivity contribution in [3.8, 4) is 0 Å². The van der Waals surface area contributed by atoms with Crippen LogP contribution in [0.2, 0.25) is 5.02 Å². The third-order valence-corrected chi connectivity index (χ3v) is 5.96. The summed E-state index contributed by atoms with van der Waals surface area (Å²) in [5.41, 5.74) is 2.08. The third kappa shape index (κ3) is 5.02. The van der Waals surface area contributed by atoms with Gasteiger partial charge in [0, 0.05) is 36.0 Å². The molecule has 26 heavy (non-hydrogen) atoms. The second kappa shape index (κ2) is 9.44. The summed E-state index contributed by atoms with van der Waals surface area (Å²) in [6.07, 6.45) is 3.94. The van der Waals surface area contributed by atoms with Gasteiger partial charge in [0.05, 0.1) is 24.6 Å². The van der Waals surface area contributed by atoms with E-state index in [0.717, 1.165) is 48.0 Å². The predicted octanol–water partition coefficient (Wildman–Crippen LogP) is 3.17. The van der Waals surface area contributed by atoms with E-state index in [1.54, 1.807) is 16.4 Å². The predicted molar refractivity (Wildman–Crippen MR) is 105 cm³/mol. The zero-order valence-electron chi connectivity index (χ0n) is 14.7. The van der Waals surface area contributed by atoms with E-state index in [4.69, 9.17) is 16.7 Å². The molecule has 3 rings (SSSR count). The van der Waals surface area contributed by atoms with Gasteiger partial charge in [-0.05, 0) is 30.5 Å². The van der Waals surface area contributed by atoms with E-state index < -0.39 is 0 Å². The molecule has 1 atom stereocenters. The number of carbonyl (C=O) groups excluding carboxylic acids is 1. The van der Waals surface area contributed by atoms with Crippen molar-refractivity contribution in [2.24, 2.45) is 0 Å². The first-order valence-corrected chi connectivity index (χ1v) is 10.4. The van der Waals surface area contributed by atoms with Crippen molar-refractivity contribution >= 4 is 29.3 Å². The minimum Gasteiger partial charge on any atom is -0.394 e. The Kier molecular flexibility index (Phi) is 7.00. The van der Waals surface area contributed by atoms with Gasteiger partial charge >= 0.3 is 0 Å². The number of nitrogens with zero attached hydrogens (tertiary/aromatic N) is 3. The highest BCUT2D eigenvalue weighted by Gasteiger charge is 2.26. The van der Waals surface area contributed by atoms with Gasteiger partial charge in [0.25, 0.3) is 0 Å². The molecule has 1 aliphatic heterocycles. The van der Waals surface area contributed by atoms with Crippen molar-refractivity contribution in [3.05, 3.63) is 52.8 Å². The lowest BCUT2D eigenvalue weighted by molar-refractivity contribution is -0.129. The van der Waals surface area contributed by atoms with E-state index in [-0.39, 0.29) is 18.4 Å². The zero-order valence-corrected chi connectivity index (χ0v) is 16.3. The molecular weight excluding hydrogens is 370 g/mol. The fraction of sp³-hybridized carbons (Fsp3) is 0.474. The summed E-state index contributed by atoms with van der Waals surface area (Å²) in [5.74, 6) is 1.67. The third-order valence-electron chi connectivity index (χ3n) is 4.62. The average Bonchev–Trinajstić information content (AvgIpc) is 3.12. The molecule has 140 valence electrons. The molecule has 7 heteroatoms. The number of aliphatic hydroxyl groups is 1. The van der Waals surface area contributed by atoms with Crippen LogP contribution in [0.5, 0.6) is 0 Å². The first-order chi connectivity index (χ1) is 12.7. The smallest absolute Gasteiger partial charge is 0.232 e. The maximum atomic E-state index is 12.6. The fourth-order valence-corrected chi connectivity index (χ4v) is 4.43. The molecule has 0 unspecified atom stereocenters. The lowest BCUT2D eigenvalue weighted by Crippen LogP contribution is -2.40. The summed E-state index contributed by atoms with van der Waals surface area (Å²) >= 11 is 7.77. The highest BCUT2D eigenvalue weighted by Crippen LogP contribution is 2.27. The van der Waals surface area contributed by atoms with E-state index in [0.29, 0.717) is 12.3 Å². The largest absolute Gasteiger partial charge is 0.394 e. The molecule has 0 bridgehead atoms. The molecule has 1 N–H and O–H groups in total. The number of hydrogen-bond acceptors (Lipinski definition) is 4. The monoisotopic (exact) mass is 393 g/mol. The van der Waals surface area contributed by atoms with Crippen LogP contribution in [0.15, 0.2) is 36.5 Å². The van der Waals surface area contributed by atoms with Crippen LogP contribution in [-0.4, -0.2) is 51.1 Å². The number of likely N-dealkylation sites (tertiary alicyclic amines) is 1. The van der Waals surface area contributed by atoms with E-state index in [1.165, 1.54) is 0 Å². The van der Waals surface area contributed by atoms with E-state index in [1.807, 2.05) is 41.4 Å². The zero-order chi connectivity index (χ0) is 18.4. The topological polar surface area (TPSA) is 58.4 Å². The van der Waals surface area contributed by atoms with Crippen molar-refractivity contribution in [3.63, 3.8) is 0 Å². The maximum absolute atomic E-state index is 12.6. The van der Waals surface area contributed by atoms with Crippen LogP contribution in [0, 0.1) is 0 Å². The molecule has 2 aromatic rings. The summed E-state index contributed by atoms with van der Waals surface area (Å²) in [7, 11) is 0. The van der Waals surface area contributed by atoms with Crippen LogP contribution < -0.4 is 0 Å². The number of halogens is 1. The first-order valence-electron chi connectivity index (χ1n) is 8.90. The number of amides is 1. The lowest BCUT2D eigenvalue weighted by atomic mass is 9.95. The molecule has 1 saturated heterocycles. The summed E-state index contributed by atoms with van der Waals surface area (Å²) in [6, 6.07) is 9.76. The Balaban J connectivity index is 1.50. The van der Waals surface area contributed by atoms with Gasteiger partial charge in [0.15, 0.2) is 0 Å². The van der Waals surface area contributed by atoms with Gasteiger partial charge in [-0.2, -0.15) is 5.10 Å². The highest BCUT2D eigenvalue weighted by atomic mass is 35.5. The summed E-state index contributed by atoms with van der Waals surface area (Å²) in [6.45, 7) is 2.13. The van der Waals surface area contributed by atoms with Crippen molar-refractivity contribution < 1.29 is 9.90 Å². The summed E-state index contributed by atoms with van der Waals surface area (Å²) in [5, 5.41) is 14.3. The number of aliphatic hydroxyl groups excluding tert-OH is 1. The van der Waals surface area contributed by atoms with Gasteiger partial charge in [-0.1, -0.05) is 29.8 Å². The molecule has 2 heterocycles. The fourth-order valence-electron chi connectivity index (χ4n) is 3.22. The lowest BCUT2D eigenvalue weighted by Gasteiger charge is -2.32. The van der Waals surface area contributed by atoms with Gasteiger partial charge in [0.1, 0.15) is 0 Å². The number of carbonyl (C=O) groups is 1. The highest BCUT2D eigenvalue weighted by molar-refractivity contribution is 7.99. The van der Waals surface area contributed by atoms with Crippen LogP contribution in [-0.2, 0) is 17.1 Å². The first kappa shape index (κ1) is 19.3. The number of rotatable bonds is 7. The van der Waals surface area contributed by atoms with E-state index in [9.17, 15) is 4.79 Å². The quantitative estimate of drug-likeness (QED) is 0.784. The standard InChI is InChI=1S/C19H24ClN3O2S/c20-17-6-2-1-4-16(17)13-26-14-19(25)22-8-3-5-15(12-22)18-7-9-23(21-18)10-11-24/h1-2,4,6-7,9,15,24H,3,5,8,10-14H2/t15-/m1/s1. The van der Waals surface area contributed by atoms with Crippen LogP contribution in [0.4, 0.5) is 0 Å². The van der Waals surface area contributed by atoms with Gasteiger partial charge in [-0.3, -0.25) is 9.48 Å². The molecule has 0 saturated carbocycles. The Morgan fingerprint density at radius 3 is 3.00 bits per heavy atom. The Morgan fingerprint density at radius 1 is 1.35 bits per heavy atom. The molecule has 0 aliphatic carbocycles. The summed E-state index contributed by atoms with van der Waals surface area (Å²) in [4.78, 5) is 14.5. The Bertz CT molecular complexity index is 737. The van der Waals surface area contributed by atoms with Gasteiger partial charge < -0.3 is 10.0 Å². The molecule has 1 fully saturated rings. The Morgan fingerprint density at radius 2 is 2.19 bits per heavy atom. The number of benzene rings is 1. The molecule has 1 aromatic heterocycles. The van der Waals surface area contributed by atoms with Gasteiger partial charge in [-0.25, -0.2) is 0 Å². The molecule has 1 aliphatic rings. The molecule has 0 spiro atoms. The number of thioether (sulfide) groups is 1. The van der Waals surface area contributed by atoms with Crippen molar-refractivity contribution in [1.82, 2.24) is 14.7 Å². The van der Waals surface area contributed by atoms with Crippen molar-refractivity contribution in [2.75, 3.05) is 25.4 Å². The number of hydrogen-bond donors (Lipinski definition) is 1. The van der Waals surface area contributed by atoms with Crippen LogP contribution in [0.25, 0.3) is 0 Å². The normalized spacial score (nSPS) is 17.5. The molecule has 1 aromatic carbocycles. The molecule has 5 nitrogen and oxygen atoms in total. The number of piperidine rings is 1. The summed E-state index contributed by atoms with van der Waals surface area (Å²) < 4.78 is 1.76. The van der Waals surface area contributed by atoms with Crippen LogP contribution in [0.3, 0.4) is 0 Å². The molecule has 0 radical (unpaired) electrons. The van der Waals surface area contributed by atoms with Crippen molar-refractivity contribution in [2.45, 2.75) is 31.1 Å². The second-order valence-electron chi connectivity index (χ2n) is 6.49. The SMILES string of the molecule is O=C(CSCc1ccccc1Cl)N1CCC[C@@H](c2ccn(CCO)n2)C1. The maximum Gasteiger partial charge on any atom is 0.232 e.